The SMILES string of the molecule is Cc1ccccc1C1(O)CC2CN(C(=O)Nc3cccc(C(F)(F)F)c3)CC2C1. The van der Waals surface area contributed by atoms with Crippen molar-refractivity contribution in [3.8, 4) is 0 Å². The van der Waals surface area contributed by atoms with E-state index in [0.717, 1.165) is 23.3 Å². The van der Waals surface area contributed by atoms with Gasteiger partial charge in [0.15, 0.2) is 0 Å². The van der Waals surface area contributed by atoms with Gasteiger partial charge in [-0.2, -0.15) is 13.2 Å². The average Bonchev–Trinajstić information content (AvgIpc) is 3.17. The number of rotatable bonds is 2. The summed E-state index contributed by atoms with van der Waals surface area (Å²) in [4.78, 5) is 14.2. The lowest BCUT2D eigenvalue weighted by Gasteiger charge is -2.28. The highest BCUT2D eigenvalue weighted by Gasteiger charge is 2.50. The first-order chi connectivity index (χ1) is 13.7. The van der Waals surface area contributed by atoms with Crippen LogP contribution in [0.5, 0.6) is 0 Å². The van der Waals surface area contributed by atoms with Gasteiger partial charge in [0.05, 0.1) is 11.2 Å². The van der Waals surface area contributed by atoms with Crippen molar-refractivity contribution in [1.29, 1.82) is 0 Å². The molecule has 0 bridgehead atoms. The van der Waals surface area contributed by atoms with Gasteiger partial charge in [0.2, 0.25) is 0 Å². The van der Waals surface area contributed by atoms with Crippen LogP contribution in [0.1, 0.15) is 29.5 Å². The van der Waals surface area contributed by atoms with E-state index < -0.39 is 23.4 Å². The van der Waals surface area contributed by atoms with Gasteiger partial charge < -0.3 is 15.3 Å². The highest BCUT2D eigenvalue weighted by atomic mass is 19.4. The molecule has 4 rings (SSSR count). The third-order valence-corrected chi connectivity index (χ3v) is 6.15. The van der Waals surface area contributed by atoms with Crippen molar-refractivity contribution in [2.75, 3.05) is 18.4 Å². The van der Waals surface area contributed by atoms with Crippen LogP contribution in [0.2, 0.25) is 0 Å². The van der Waals surface area contributed by atoms with E-state index in [9.17, 15) is 23.1 Å². The number of alkyl halides is 3. The van der Waals surface area contributed by atoms with E-state index in [1.807, 2.05) is 31.2 Å². The molecule has 1 saturated carbocycles. The Labute approximate surface area is 167 Å². The van der Waals surface area contributed by atoms with Gasteiger partial charge in [-0.15, -0.1) is 0 Å². The number of halogens is 3. The summed E-state index contributed by atoms with van der Waals surface area (Å²) in [7, 11) is 0. The highest BCUT2D eigenvalue weighted by Crippen LogP contribution is 2.49. The molecule has 4 nitrogen and oxygen atoms in total. The maximum absolute atomic E-state index is 12.9. The molecule has 1 aliphatic heterocycles. The van der Waals surface area contributed by atoms with E-state index in [1.54, 1.807) is 4.90 Å². The number of hydrogen-bond acceptors (Lipinski definition) is 2. The number of carbonyl (C=O) groups excluding carboxylic acids is 1. The largest absolute Gasteiger partial charge is 0.416 e. The molecule has 2 atom stereocenters. The number of likely N-dealkylation sites (tertiary alicyclic amines) is 1. The zero-order valence-electron chi connectivity index (χ0n) is 16.0. The Morgan fingerprint density at radius 1 is 1.10 bits per heavy atom. The van der Waals surface area contributed by atoms with Gasteiger partial charge >= 0.3 is 12.2 Å². The standard InChI is InChI=1S/C22H23F3N2O2/c1-14-5-2-3-8-19(14)21(29)10-15-12-27(13-16(15)11-21)20(28)26-18-7-4-6-17(9-18)22(23,24)25/h2-9,15-16,29H,10-13H2,1H3,(H,26,28). The number of benzene rings is 2. The van der Waals surface area contributed by atoms with Crippen LogP contribution in [0, 0.1) is 18.8 Å². The molecule has 2 aliphatic rings. The average molecular weight is 404 g/mol. The molecule has 0 spiro atoms. The fourth-order valence-electron chi connectivity index (χ4n) is 4.81. The van der Waals surface area contributed by atoms with Crippen molar-refractivity contribution >= 4 is 11.7 Å². The quantitative estimate of drug-likeness (QED) is 0.757. The van der Waals surface area contributed by atoms with Crippen LogP contribution < -0.4 is 5.32 Å². The smallest absolute Gasteiger partial charge is 0.385 e. The molecular weight excluding hydrogens is 381 g/mol. The first-order valence-electron chi connectivity index (χ1n) is 9.67. The van der Waals surface area contributed by atoms with Crippen LogP contribution in [0.3, 0.4) is 0 Å². The number of aryl methyl sites for hydroxylation is 1. The number of carbonyl (C=O) groups is 1. The van der Waals surface area contributed by atoms with Crippen LogP contribution in [0.15, 0.2) is 48.5 Å². The van der Waals surface area contributed by atoms with Gasteiger partial charge in [0.1, 0.15) is 0 Å². The van der Waals surface area contributed by atoms with Crippen LogP contribution >= 0.6 is 0 Å². The fourth-order valence-corrected chi connectivity index (χ4v) is 4.81. The van der Waals surface area contributed by atoms with E-state index in [4.69, 9.17) is 0 Å². The van der Waals surface area contributed by atoms with Crippen molar-refractivity contribution in [2.45, 2.75) is 31.5 Å². The molecule has 1 saturated heterocycles. The molecule has 2 N–H and O–H groups in total. The van der Waals surface area contributed by atoms with Crippen LogP contribution in [-0.4, -0.2) is 29.1 Å². The Hall–Kier alpha value is -2.54. The van der Waals surface area contributed by atoms with E-state index >= 15 is 0 Å². The van der Waals surface area contributed by atoms with Crippen molar-refractivity contribution in [2.24, 2.45) is 11.8 Å². The molecule has 0 radical (unpaired) electrons. The van der Waals surface area contributed by atoms with Crippen molar-refractivity contribution in [3.05, 3.63) is 65.2 Å². The molecule has 7 heteroatoms. The Morgan fingerprint density at radius 3 is 2.38 bits per heavy atom. The maximum atomic E-state index is 12.9. The Balaban J connectivity index is 1.41. The van der Waals surface area contributed by atoms with Crippen molar-refractivity contribution in [3.63, 3.8) is 0 Å². The third kappa shape index (κ3) is 3.83. The molecule has 1 heterocycles. The predicted octanol–water partition coefficient (Wildman–Crippen LogP) is 4.78. The Kier molecular flexibility index (Phi) is 4.81. The molecule has 2 amide bonds. The van der Waals surface area contributed by atoms with Gasteiger partial charge in [-0.3, -0.25) is 0 Å². The summed E-state index contributed by atoms with van der Waals surface area (Å²) in [6, 6.07) is 12.0. The summed E-state index contributed by atoms with van der Waals surface area (Å²) in [5.74, 6) is 0.346. The molecule has 2 unspecified atom stereocenters. The first-order valence-corrected chi connectivity index (χ1v) is 9.67. The fraction of sp³-hybridized carbons (Fsp3) is 0.409. The summed E-state index contributed by atoms with van der Waals surface area (Å²) in [5.41, 5.74) is 0.434. The molecule has 2 aromatic carbocycles. The summed E-state index contributed by atoms with van der Waals surface area (Å²) in [5, 5.41) is 13.8. The zero-order chi connectivity index (χ0) is 20.8. The van der Waals surface area contributed by atoms with E-state index in [2.05, 4.69) is 5.32 Å². The minimum absolute atomic E-state index is 0.123. The molecule has 154 valence electrons. The highest BCUT2D eigenvalue weighted by molar-refractivity contribution is 5.89. The second-order valence-corrected chi connectivity index (χ2v) is 8.19. The summed E-state index contributed by atoms with van der Waals surface area (Å²) >= 11 is 0. The van der Waals surface area contributed by atoms with Gasteiger partial charge in [-0.05, 0) is 60.9 Å². The Bertz CT molecular complexity index is 914. The summed E-state index contributed by atoms with van der Waals surface area (Å²) in [6.07, 6.45) is -3.29. The van der Waals surface area contributed by atoms with Crippen LogP contribution in [0.25, 0.3) is 0 Å². The maximum Gasteiger partial charge on any atom is 0.416 e. The number of nitrogens with one attached hydrogen (secondary N) is 1. The number of aliphatic hydroxyl groups is 1. The summed E-state index contributed by atoms with van der Waals surface area (Å²) in [6.45, 7) is 2.96. The first kappa shape index (κ1) is 19.8. The van der Waals surface area contributed by atoms with Gasteiger partial charge in [-0.25, -0.2) is 4.79 Å². The number of fused-ring (bicyclic) bond motifs is 1. The molecule has 2 fully saturated rings. The number of hydrogen-bond donors (Lipinski definition) is 2. The van der Waals surface area contributed by atoms with Crippen molar-refractivity contribution in [1.82, 2.24) is 4.90 Å². The number of anilines is 1. The van der Waals surface area contributed by atoms with E-state index in [0.29, 0.717) is 25.9 Å². The van der Waals surface area contributed by atoms with E-state index in [-0.39, 0.29) is 17.5 Å². The van der Waals surface area contributed by atoms with Gasteiger partial charge in [0.25, 0.3) is 0 Å². The number of amides is 2. The topological polar surface area (TPSA) is 52.6 Å². The lowest BCUT2D eigenvalue weighted by atomic mass is 9.87. The van der Waals surface area contributed by atoms with E-state index in [1.165, 1.54) is 12.1 Å². The van der Waals surface area contributed by atoms with Crippen LogP contribution in [0.4, 0.5) is 23.7 Å². The molecule has 2 aromatic rings. The monoisotopic (exact) mass is 404 g/mol. The lowest BCUT2D eigenvalue weighted by Crippen LogP contribution is -2.35. The Morgan fingerprint density at radius 2 is 1.76 bits per heavy atom. The van der Waals surface area contributed by atoms with Crippen LogP contribution in [-0.2, 0) is 11.8 Å². The number of nitrogens with zero attached hydrogens (tertiary/aromatic N) is 1. The third-order valence-electron chi connectivity index (χ3n) is 6.15. The molecule has 0 aromatic heterocycles. The van der Waals surface area contributed by atoms with Gasteiger partial charge in [0, 0.05) is 18.8 Å². The summed E-state index contributed by atoms with van der Waals surface area (Å²) < 4.78 is 38.6. The van der Waals surface area contributed by atoms with Gasteiger partial charge in [-0.1, -0.05) is 30.3 Å². The minimum atomic E-state index is -4.45. The van der Waals surface area contributed by atoms with Crippen molar-refractivity contribution < 1.29 is 23.1 Å². The molecular formula is C22H23F3N2O2. The second kappa shape index (κ2) is 7.06. The normalized spacial score (nSPS) is 26.4. The zero-order valence-corrected chi connectivity index (χ0v) is 16.0. The second-order valence-electron chi connectivity index (χ2n) is 8.19. The lowest BCUT2D eigenvalue weighted by molar-refractivity contribution is -0.137. The number of urea groups is 1. The minimum Gasteiger partial charge on any atom is -0.385 e. The molecule has 29 heavy (non-hydrogen) atoms. The molecule has 1 aliphatic carbocycles. The predicted molar refractivity (Wildman–Crippen MR) is 103 cm³/mol.